The lowest BCUT2D eigenvalue weighted by molar-refractivity contribution is 0.0451. The zero-order chi connectivity index (χ0) is 20.7. The molecule has 0 aliphatic carbocycles. The smallest absolute Gasteiger partial charge is 0.343 e. The van der Waals surface area contributed by atoms with E-state index in [0.717, 1.165) is 12.8 Å². The fraction of sp³-hybridized carbons (Fsp3) is 0.421. The van der Waals surface area contributed by atoms with Crippen molar-refractivity contribution in [2.24, 2.45) is 0 Å². The topological polar surface area (TPSA) is 135 Å². The summed E-state index contributed by atoms with van der Waals surface area (Å²) in [6.45, 7) is 0.818. The summed E-state index contributed by atoms with van der Waals surface area (Å²) >= 11 is 0. The Balaban J connectivity index is 1.84. The summed E-state index contributed by atoms with van der Waals surface area (Å²) in [6.07, 6.45) is 0.442. The number of carbonyl (C=O) groups is 1. The summed E-state index contributed by atoms with van der Waals surface area (Å²) in [5.41, 5.74) is 5.42. The van der Waals surface area contributed by atoms with Crippen LogP contribution in [0.15, 0.2) is 21.7 Å². The lowest BCUT2D eigenvalue weighted by Gasteiger charge is -2.18. The molecule has 29 heavy (non-hydrogen) atoms. The molecule has 10 nitrogen and oxygen atoms in total. The van der Waals surface area contributed by atoms with Crippen molar-refractivity contribution in [1.29, 1.82) is 0 Å². The van der Waals surface area contributed by atoms with Gasteiger partial charge in [-0.1, -0.05) is 6.07 Å². The van der Waals surface area contributed by atoms with Gasteiger partial charge in [-0.3, -0.25) is 14.3 Å². The molecule has 1 aromatic heterocycles. The van der Waals surface area contributed by atoms with Crippen LogP contribution in [0.2, 0.25) is 0 Å². The van der Waals surface area contributed by atoms with Gasteiger partial charge in [-0.05, 0) is 18.9 Å². The molecular formula is C19H21N3O7. The van der Waals surface area contributed by atoms with Gasteiger partial charge in [0.25, 0.3) is 5.56 Å². The summed E-state index contributed by atoms with van der Waals surface area (Å²) in [5.74, 6) is -0.166. The zero-order valence-corrected chi connectivity index (χ0v) is 16.0. The van der Waals surface area contributed by atoms with Crippen molar-refractivity contribution in [1.82, 2.24) is 9.55 Å². The zero-order valence-electron chi connectivity index (χ0n) is 16.0. The Labute approximate surface area is 165 Å². The average molecular weight is 403 g/mol. The Morgan fingerprint density at radius 3 is 2.69 bits per heavy atom. The van der Waals surface area contributed by atoms with E-state index in [4.69, 9.17) is 24.7 Å². The Morgan fingerprint density at radius 1 is 1.24 bits per heavy atom. The second kappa shape index (κ2) is 7.28. The van der Waals surface area contributed by atoms with E-state index in [1.165, 1.54) is 18.8 Å². The number of methoxy groups -OCH3 is 2. The first-order valence-corrected chi connectivity index (χ1v) is 9.16. The van der Waals surface area contributed by atoms with Gasteiger partial charge in [0.05, 0.1) is 26.9 Å². The van der Waals surface area contributed by atoms with Crippen molar-refractivity contribution in [3.63, 3.8) is 0 Å². The standard InChI is InChI=1S/C19H21N3O7/c1-26-11-6-5-10-12(15(11)27-2)18(24)29-14(10)13-16(20)22(19(25)21-17(13)23)8-9-4-3-7-28-9/h5-6,9,14H,3-4,7-8,20H2,1-2H3,(H,21,23,25)/t9-,14+/m0/s1. The molecule has 0 bridgehead atoms. The van der Waals surface area contributed by atoms with Gasteiger partial charge >= 0.3 is 11.7 Å². The number of aromatic nitrogens is 2. The number of hydrogen-bond donors (Lipinski definition) is 2. The first-order chi connectivity index (χ1) is 14.0. The number of nitrogens with one attached hydrogen (secondary N) is 1. The summed E-state index contributed by atoms with van der Waals surface area (Å²) < 4.78 is 22.8. The molecule has 3 heterocycles. The normalized spacial score (nSPS) is 20.4. The summed E-state index contributed by atoms with van der Waals surface area (Å²) in [5, 5.41) is 0. The van der Waals surface area contributed by atoms with Gasteiger partial charge in [0.2, 0.25) is 0 Å². The fourth-order valence-electron chi connectivity index (χ4n) is 3.84. The number of carbonyl (C=O) groups excluding carboxylic acids is 1. The Bertz CT molecular complexity index is 1080. The van der Waals surface area contributed by atoms with Crippen molar-refractivity contribution in [2.75, 3.05) is 26.6 Å². The van der Waals surface area contributed by atoms with Gasteiger partial charge in [0.15, 0.2) is 17.6 Å². The van der Waals surface area contributed by atoms with Crippen LogP contribution < -0.4 is 26.5 Å². The van der Waals surface area contributed by atoms with Crippen LogP contribution in [0.25, 0.3) is 0 Å². The number of anilines is 1. The summed E-state index contributed by atoms with van der Waals surface area (Å²) in [4.78, 5) is 39.8. The van der Waals surface area contributed by atoms with E-state index in [0.29, 0.717) is 17.9 Å². The first kappa shape index (κ1) is 19.1. The molecular weight excluding hydrogens is 382 g/mol. The predicted molar refractivity (Wildman–Crippen MR) is 102 cm³/mol. The molecule has 0 spiro atoms. The third-order valence-corrected chi connectivity index (χ3v) is 5.24. The lowest BCUT2D eigenvalue weighted by atomic mass is 9.99. The monoisotopic (exact) mass is 403 g/mol. The Morgan fingerprint density at radius 2 is 2.03 bits per heavy atom. The molecule has 0 amide bonds. The van der Waals surface area contributed by atoms with Crippen molar-refractivity contribution in [2.45, 2.75) is 31.6 Å². The SMILES string of the molecule is COc1ccc2c(c1OC)C(=O)O[C@H]2c1c(N)n(C[C@@H]2CCCO2)c(=O)[nH]c1=O. The van der Waals surface area contributed by atoms with E-state index in [9.17, 15) is 14.4 Å². The van der Waals surface area contributed by atoms with E-state index in [1.54, 1.807) is 12.1 Å². The van der Waals surface area contributed by atoms with Crippen LogP contribution in [-0.4, -0.2) is 42.5 Å². The fourth-order valence-corrected chi connectivity index (χ4v) is 3.84. The first-order valence-electron chi connectivity index (χ1n) is 9.16. The maximum absolute atomic E-state index is 12.6. The number of cyclic esters (lactones) is 1. The van der Waals surface area contributed by atoms with E-state index in [1.807, 2.05) is 0 Å². The Kier molecular flexibility index (Phi) is 4.79. The second-order valence-corrected chi connectivity index (χ2v) is 6.85. The number of esters is 1. The number of nitrogens with two attached hydrogens (primary N) is 1. The van der Waals surface area contributed by atoms with E-state index in [-0.39, 0.29) is 35.3 Å². The van der Waals surface area contributed by atoms with Crippen LogP contribution in [-0.2, 0) is 16.0 Å². The molecule has 154 valence electrons. The number of nitrogen functional groups attached to an aromatic ring is 1. The maximum atomic E-state index is 12.6. The number of ether oxygens (including phenoxy) is 4. The highest BCUT2D eigenvalue weighted by Crippen LogP contribution is 2.44. The van der Waals surface area contributed by atoms with Gasteiger partial charge in [0, 0.05) is 12.2 Å². The molecule has 2 aromatic rings. The van der Waals surface area contributed by atoms with Gasteiger partial charge in [-0.25, -0.2) is 9.59 Å². The number of rotatable bonds is 5. The predicted octanol–water partition coefficient (Wildman–Crippen LogP) is 0.575. The molecule has 0 unspecified atom stereocenters. The minimum Gasteiger partial charge on any atom is -0.493 e. The third kappa shape index (κ3) is 3.05. The Hall–Kier alpha value is -3.27. The van der Waals surface area contributed by atoms with Crippen LogP contribution in [0.4, 0.5) is 5.82 Å². The molecule has 0 radical (unpaired) electrons. The molecule has 2 aliphatic rings. The van der Waals surface area contributed by atoms with Crippen molar-refractivity contribution >= 4 is 11.8 Å². The molecule has 10 heteroatoms. The molecule has 1 aromatic carbocycles. The highest BCUT2D eigenvalue weighted by Gasteiger charge is 2.39. The minimum absolute atomic E-state index is 0.0121. The number of benzene rings is 1. The molecule has 2 aliphatic heterocycles. The largest absolute Gasteiger partial charge is 0.493 e. The van der Waals surface area contributed by atoms with Gasteiger partial charge in [-0.2, -0.15) is 0 Å². The molecule has 3 N–H and O–H groups in total. The molecule has 4 rings (SSSR count). The second-order valence-electron chi connectivity index (χ2n) is 6.85. The number of aromatic amines is 1. The molecule has 0 saturated carbocycles. The summed E-state index contributed by atoms with van der Waals surface area (Å²) in [7, 11) is 2.85. The van der Waals surface area contributed by atoms with Crippen molar-refractivity contribution in [3.8, 4) is 11.5 Å². The van der Waals surface area contributed by atoms with Gasteiger partial charge in [-0.15, -0.1) is 0 Å². The highest BCUT2D eigenvalue weighted by molar-refractivity contribution is 5.98. The van der Waals surface area contributed by atoms with Crippen LogP contribution >= 0.6 is 0 Å². The van der Waals surface area contributed by atoms with E-state index >= 15 is 0 Å². The van der Waals surface area contributed by atoms with E-state index < -0.39 is 23.3 Å². The van der Waals surface area contributed by atoms with Gasteiger partial charge in [0.1, 0.15) is 16.9 Å². The highest BCUT2D eigenvalue weighted by atomic mass is 16.6. The summed E-state index contributed by atoms with van der Waals surface area (Å²) in [6, 6.07) is 3.22. The van der Waals surface area contributed by atoms with Crippen LogP contribution in [0.5, 0.6) is 11.5 Å². The molecule has 1 fully saturated rings. The average Bonchev–Trinajstić information content (AvgIpc) is 3.32. The molecule has 2 atom stereocenters. The number of H-pyrrole nitrogens is 1. The van der Waals surface area contributed by atoms with Crippen molar-refractivity contribution in [3.05, 3.63) is 49.7 Å². The third-order valence-electron chi connectivity index (χ3n) is 5.24. The van der Waals surface area contributed by atoms with Crippen LogP contribution in [0.1, 0.15) is 40.4 Å². The van der Waals surface area contributed by atoms with Crippen LogP contribution in [0, 0.1) is 0 Å². The van der Waals surface area contributed by atoms with Crippen LogP contribution in [0.3, 0.4) is 0 Å². The van der Waals surface area contributed by atoms with E-state index in [2.05, 4.69) is 4.98 Å². The maximum Gasteiger partial charge on any atom is 0.343 e. The van der Waals surface area contributed by atoms with Gasteiger partial charge < -0.3 is 24.7 Å². The lowest BCUT2D eigenvalue weighted by Crippen LogP contribution is -2.38. The minimum atomic E-state index is -1.07. The molecule has 1 saturated heterocycles. The number of nitrogens with zero attached hydrogens (tertiary/aromatic N) is 1. The quantitative estimate of drug-likeness (QED) is 0.692. The van der Waals surface area contributed by atoms with Crippen molar-refractivity contribution < 1.29 is 23.7 Å². The number of fused-ring (bicyclic) bond motifs is 1. The number of hydrogen-bond acceptors (Lipinski definition) is 8.